The Hall–Kier alpha value is -1.62. The zero-order valence-corrected chi connectivity index (χ0v) is 12.4. The molecule has 0 radical (unpaired) electrons. The van der Waals surface area contributed by atoms with E-state index in [9.17, 15) is 9.90 Å². The first kappa shape index (κ1) is 13.8. The molecule has 0 atom stereocenters. The van der Waals surface area contributed by atoms with Crippen molar-refractivity contribution in [3.8, 4) is 11.3 Å². The van der Waals surface area contributed by atoms with Gasteiger partial charge in [-0.05, 0) is 18.1 Å². The first-order valence-corrected chi connectivity index (χ1v) is 6.83. The maximum absolute atomic E-state index is 11.3. The number of halogens is 1. The smallest absolute Gasteiger partial charge is 0.339 e. The quantitative estimate of drug-likeness (QED) is 0.934. The second-order valence-electron chi connectivity index (χ2n) is 4.82. The molecule has 2 rings (SSSR count). The molecule has 0 aliphatic rings. The highest BCUT2D eigenvalue weighted by molar-refractivity contribution is 9.10. The van der Waals surface area contributed by atoms with Crippen molar-refractivity contribution in [1.29, 1.82) is 0 Å². The van der Waals surface area contributed by atoms with Crippen molar-refractivity contribution in [2.24, 2.45) is 5.92 Å². The first-order valence-electron chi connectivity index (χ1n) is 6.04. The SMILES string of the molecule is CC(C)Cn1cc(C(=O)O)c(-c2ccc(Br)cc2)n1. The Balaban J connectivity index is 2.45. The summed E-state index contributed by atoms with van der Waals surface area (Å²) in [5.74, 6) is -0.535. The van der Waals surface area contributed by atoms with E-state index < -0.39 is 5.97 Å². The fraction of sp³-hybridized carbons (Fsp3) is 0.286. The number of aromatic nitrogens is 2. The van der Waals surface area contributed by atoms with Crippen molar-refractivity contribution in [2.45, 2.75) is 20.4 Å². The molecule has 0 unspecified atom stereocenters. The lowest BCUT2D eigenvalue weighted by Crippen LogP contribution is -2.04. The fourth-order valence-corrected chi connectivity index (χ4v) is 2.13. The fourth-order valence-electron chi connectivity index (χ4n) is 1.87. The van der Waals surface area contributed by atoms with Crippen molar-refractivity contribution in [3.63, 3.8) is 0 Å². The molecule has 0 amide bonds. The van der Waals surface area contributed by atoms with E-state index >= 15 is 0 Å². The van der Waals surface area contributed by atoms with Crippen LogP contribution in [-0.2, 0) is 6.54 Å². The Morgan fingerprint density at radius 1 is 1.37 bits per heavy atom. The van der Waals surface area contributed by atoms with Crippen LogP contribution >= 0.6 is 15.9 Å². The van der Waals surface area contributed by atoms with Crippen molar-refractivity contribution in [3.05, 3.63) is 40.5 Å². The van der Waals surface area contributed by atoms with Crippen LogP contribution in [0.4, 0.5) is 0 Å². The highest BCUT2D eigenvalue weighted by atomic mass is 79.9. The number of hydrogen-bond acceptors (Lipinski definition) is 2. The van der Waals surface area contributed by atoms with Gasteiger partial charge in [-0.15, -0.1) is 0 Å². The predicted molar refractivity (Wildman–Crippen MR) is 77.2 cm³/mol. The standard InChI is InChI=1S/C14H15BrN2O2/c1-9(2)7-17-8-12(14(18)19)13(16-17)10-3-5-11(15)6-4-10/h3-6,8-9H,7H2,1-2H3,(H,18,19). The molecular weight excluding hydrogens is 308 g/mol. The van der Waals surface area contributed by atoms with Gasteiger partial charge in [0.15, 0.2) is 0 Å². The van der Waals surface area contributed by atoms with Crippen LogP contribution in [0.3, 0.4) is 0 Å². The number of hydrogen-bond donors (Lipinski definition) is 1. The Morgan fingerprint density at radius 3 is 2.53 bits per heavy atom. The highest BCUT2D eigenvalue weighted by Crippen LogP contribution is 2.24. The average molecular weight is 323 g/mol. The third-order valence-electron chi connectivity index (χ3n) is 2.66. The number of benzene rings is 1. The average Bonchev–Trinajstić information content (AvgIpc) is 2.73. The van der Waals surface area contributed by atoms with Crippen LogP contribution in [0.1, 0.15) is 24.2 Å². The Bertz CT molecular complexity index is 588. The number of aromatic carboxylic acids is 1. The van der Waals surface area contributed by atoms with Gasteiger partial charge in [0.2, 0.25) is 0 Å². The van der Waals surface area contributed by atoms with Crippen LogP contribution in [0.15, 0.2) is 34.9 Å². The van der Waals surface area contributed by atoms with E-state index in [4.69, 9.17) is 0 Å². The summed E-state index contributed by atoms with van der Waals surface area (Å²) < 4.78 is 2.65. The second kappa shape index (κ2) is 5.57. The minimum Gasteiger partial charge on any atom is -0.478 e. The third kappa shape index (κ3) is 3.23. The van der Waals surface area contributed by atoms with Gasteiger partial charge >= 0.3 is 5.97 Å². The molecule has 0 fully saturated rings. The van der Waals surface area contributed by atoms with Gasteiger partial charge < -0.3 is 5.11 Å². The summed E-state index contributed by atoms with van der Waals surface area (Å²) in [4.78, 5) is 11.3. The van der Waals surface area contributed by atoms with Crippen LogP contribution in [0.25, 0.3) is 11.3 Å². The second-order valence-corrected chi connectivity index (χ2v) is 5.73. The molecule has 100 valence electrons. The maximum atomic E-state index is 11.3. The van der Waals surface area contributed by atoms with Gasteiger partial charge in [0, 0.05) is 22.8 Å². The Morgan fingerprint density at radius 2 is 2.00 bits per heavy atom. The summed E-state index contributed by atoms with van der Waals surface area (Å²) in [5, 5.41) is 13.7. The van der Waals surface area contributed by atoms with Gasteiger partial charge in [-0.2, -0.15) is 5.10 Å². The van der Waals surface area contributed by atoms with E-state index in [1.165, 1.54) is 0 Å². The third-order valence-corrected chi connectivity index (χ3v) is 3.19. The summed E-state index contributed by atoms with van der Waals surface area (Å²) >= 11 is 3.36. The van der Waals surface area contributed by atoms with E-state index in [0.29, 0.717) is 18.2 Å². The number of nitrogens with zero attached hydrogens (tertiary/aromatic N) is 2. The van der Waals surface area contributed by atoms with E-state index in [0.717, 1.165) is 10.0 Å². The van der Waals surface area contributed by atoms with Gasteiger partial charge in [0.25, 0.3) is 0 Å². The molecule has 5 heteroatoms. The zero-order valence-electron chi connectivity index (χ0n) is 10.8. The maximum Gasteiger partial charge on any atom is 0.339 e. The molecule has 1 aromatic heterocycles. The van der Waals surface area contributed by atoms with Crippen molar-refractivity contribution >= 4 is 21.9 Å². The van der Waals surface area contributed by atoms with Crippen LogP contribution in [-0.4, -0.2) is 20.9 Å². The summed E-state index contributed by atoms with van der Waals surface area (Å²) in [7, 11) is 0. The molecule has 0 saturated carbocycles. The van der Waals surface area contributed by atoms with Crippen LogP contribution in [0.5, 0.6) is 0 Å². The van der Waals surface area contributed by atoms with E-state index in [-0.39, 0.29) is 5.56 Å². The topological polar surface area (TPSA) is 55.1 Å². The van der Waals surface area contributed by atoms with Gasteiger partial charge in [-0.25, -0.2) is 4.79 Å². The van der Waals surface area contributed by atoms with Gasteiger partial charge in [-0.3, -0.25) is 4.68 Å². The van der Waals surface area contributed by atoms with Crippen molar-refractivity contribution in [1.82, 2.24) is 9.78 Å². The van der Waals surface area contributed by atoms with E-state index in [1.54, 1.807) is 10.9 Å². The number of carboxylic acid groups (broad SMARTS) is 1. The molecule has 1 heterocycles. The molecule has 1 N–H and O–H groups in total. The normalized spacial score (nSPS) is 10.9. The van der Waals surface area contributed by atoms with E-state index in [1.807, 2.05) is 24.3 Å². The molecular formula is C14H15BrN2O2. The molecule has 0 bridgehead atoms. The molecule has 2 aromatic rings. The van der Waals surface area contributed by atoms with E-state index in [2.05, 4.69) is 34.9 Å². The first-order chi connectivity index (χ1) is 8.97. The van der Waals surface area contributed by atoms with Gasteiger partial charge in [0.05, 0.1) is 0 Å². The molecule has 0 aliphatic heterocycles. The van der Waals surface area contributed by atoms with Crippen LogP contribution < -0.4 is 0 Å². The van der Waals surface area contributed by atoms with Gasteiger partial charge in [-0.1, -0.05) is 41.9 Å². The largest absolute Gasteiger partial charge is 0.478 e. The highest BCUT2D eigenvalue weighted by Gasteiger charge is 2.17. The predicted octanol–water partition coefficient (Wildman–Crippen LogP) is 3.67. The minimum absolute atomic E-state index is 0.239. The molecule has 0 saturated heterocycles. The number of carbonyl (C=O) groups is 1. The summed E-state index contributed by atoms with van der Waals surface area (Å²) in [5.41, 5.74) is 1.56. The Kier molecular flexibility index (Phi) is 4.04. The van der Waals surface area contributed by atoms with Crippen molar-refractivity contribution in [2.75, 3.05) is 0 Å². The number of carboxylic acids is 1. The zero-order chi connectivity index (χ0) is 14.0. The molecule has 19 heavy (non-hydrogen) atoms. The van der Waals surface area contributed by atoms with Crippen LogP contribution in [0, 0.1) is 5.92 Å². The lowest BCUT2D eigenvalue weighted by Gasteiger charge is -2.03. The molecule has 4 nitrogen and oxygen atoms in total. The molecule has 0 spiro atoms. The molecule has 0 aliphatic carbocycles. The molecule has 1 aromatic carbocycles. The lowest BCUT2D eigenvalue weighted by molar-refractivity contribution is 0.0697. The summed E-state index contributed by atoms with van der Waals surface area (Å²) in [6.45, 7) is 4.85. The number of rotatable bonds is 4. The summed E-state index contributed by atoms with van der Waals surface area (Å²) in [6.07, 6.45) is 1.60. The monoisotopic (exact) mass is 322 g/mol. The lowest BCUT2D eigenvalue weighted by atomic mass is 10.1. The minimum atomic E-state index is -0.951. The Labute approximate surface area is 120 Å². The van der Waals surface area contributed by atoms with Crippen LogP contribution in [0.2, 0.25) is 0 Å². The summed E-state index contributed by atoms with van der Waals surface area (Å²) in [6, 6.07) is 7.47. The van der Waals surface area contributed by atoms with Gasteiger partial charge in [0.1, 0.15) is 11.3 Å². The van der Waals surface area contributed by atoms with Crippen molar-refractivity contribution < 1.29 is 9.90 Å².